The predicted octanol–water partition coefficient (Wildman–Crippen LogP) is 0.829. The molecule has 3 rings (SSSR count). The number of benzene rings is 1. The number of hydrogen-bond acceptors (Lipinski definition) is 5. The second-order valence-electron chi connectivity index (χ2n) is 10.2. The van der Waals surface area contributed by atoms with Crippen molar-refractivity contribution in [1.29, 1.82) is 0 Å². The van der Waals surface area contributed by atoms with Crippen molar-refractivity contribution in [2.45, 2.75) is 44.2 Å². The average Bonchev–Trinajstić information content (AvgIpc) is 3.21. The summed E-state index contributed by atoms with van der Waals surface area (Å²) in [5.41, 5.74) is 0.751. The van der Waals surface area contributed by atoms with Gasteiger partial charge in [0.1, 0.15) is 18.4 Å². The Bertz CT molecular complexity index is 869. The first-order chi connectivity index (χ1) is 16.2. The van der Waals surface area contributed by atoms with Crippen molar-refractivity contribution in [3.8, 4) is 5.75 Å². The molecule has 3 amide bonds. The molecule has 34 heavy (non-hydrogen) atoms. The number of fused-ring (bicyclic) bond motifs is 1. The Balaban J connectivity index is 1.66. The topological polar surface area (TPSA) is 108 Å². The van der Waals surface area contributed by atoms with Gasteiger partial charge in [-0.15, -0.1) is 0 Å². The molecule has 3 atom stereocenters. The standard InChI is InChI=1S/C25H38N4O5/c1-29(2,3)12-7-5-4-6-11-26-24(32)20-16-21-25(33)27-17-22(31)28(21)23(20)18-9-8-10-19(15-18)34-14-13-30/h8-10,15,20-21,23,30H,4-7,11-14,16-17H2,1-3H3,(H-,26,27,32,33)/p+1/t20-,21-,23-/m1/s1. The molecule has 0 aliphatic carbocycles. The lowest BCUT2D eigenvalue weighted by Gasteiger charge is -2.34. The third kappa shape index (κ3) is 6.70. The molecule has 0 radical (unpaired) electrons. The van der Waals surface area contributed by atoms with Crippen molar-refractivity contribution in [3.63, 3.8) is 0 Å². The van der Waals surface area contributed by atoms with Gasteiger partial charge in [0.05, 0.1) is 52.8 Å². The van der Waals surface area contributed by atoms with Crippen molar-refractivity contribution in [2.75, 3.05) is 54.0 Å². The Morgan fingerprint density at radius 2 is 1.97 bits per heavy atom. The number of unbranched alkanes of at least 4 members (excludes halogenated alkanes) is 3. The third-order valence-corrected chi connectivity index (χ3v) is 6.45. The zero-order valence-corrected chi connectivity index (χ0v) is 20.6. The fourth-order valence-corrected chi connectivity index (χ4v) is 4.81. The number of hydrogen-bond donors (Lipinski definition) is 3. The van der Waals surface area contributed by atoms with Crippen molar-refractivity contribution in [2.24, 2.45) is 5.92 Å². The number of quaternary nitrogens is 1. The van der Waals surface area contributed by atoms with E-state index in [1.165, 1.54) is 0 Å². The first-order valence-electron chi connectivity index (χ1n) is 12.2. The number of amides is 3. The van der Waals surface area contributed by atoms with Gasteiger partial charge in [-0.3, -0.25) is 14.4 Å². The van der Waals surface area contributed by atoms with Crippen LogP contribution in [-0.4, -0.2) is 92.2 Å². The van der Waals surface area contributed by atoms with Gasteiger partial charge in [0, 0.05) is 6.54 Å². The van der Waals surface area contributed by atoms with E-state index in [1.807, 2.05) is 6.07 Å². The highest BCUT2D eigenvalue weighted by Gasteiger charge is 2.52. The van der Waals surface area contributed by atoms with Crippen molar-refractivity contribution < 1.29 is 28.7 Å². The Labute approximate surface area is 202 Å². The van der Waals surface area contributed by atoms with Crippen LogP contribution < -0.4 is 15.4 Å². The van der Waals surface area contributed by atoms with E-state index in [4.69, 9.17) is 9.84 Å². The molecule has 1 aromatic carbocycles. The van der Waals surface area contributed by atoms with Crippen LogP contribution in [0.3, 0.4) is 0 Å². The van der Waals surface area contributed by atoms with Crippen LogP contribution in [0.15, 0.2) is 24.3 Å². The normalized spacial score (nSPS) is 22.4. The first-order valence-corrected chi connectivity index (χ1v) is 12.2. The number of carbonyl (C=O) groups excluding carboxylic acids is 3. The highest BCUT2D eigenvalue weighted by molar-refractivity contribution is 5.97. The summed E-state index contributed by atoms with van der Waals surface area (Å²) < 4.78 is 6.49. The quantitative estimate of drug-likeness (QED) is 0.307. The van der Waals surface area contributed by atoms with Gasteiger partial charge >= 0.3 is 0 Å². The number of carbonyl (C=O) groups is 3. The molecule has 9 nitrogen and oxygen atoms in total. The van der Waals surface area contributed by atoms with Gasteiger partial charge in [-0.1, -0.05) is 18.6 Å². The van der Waals surface area contributed by atoms with Crippen LogP contribution >= 0.6 is 0 Å². The summed E-state index contributed by atoms with van der Waals surface area (Å²) in [6.45, 7) is 1.69. The zero-order valence-electron chi connectivity index (χ0n) is 20.6. The lowest BCUT2D eigenvalue weighted by Crippen LogP contribution is -2.56. The summed E-state index contributed by atoms with van der Waals surface area (Å²) in [5, 5.41) is 14.7. The van der Waals surface area contributed by atoms with E-state index in [0.717, 1.165) is 42.3 Å². The summed E-state index contributed by atoms with van der Waals surface area (Å²) in [6, 6.07) is 6.02. The molecule has 3 N–H and O–H groups in total. The summed E-state index contributed by atoms with van der Waals surface area (Å²) >= 11 is 0. The van der Waals surface area contributed by atoms with Crippen LogP contribution in [0.2, 0.25) is 0 Å². The second kappa shape index (κ2) is 11.7. The maximum atomic E-state index is 13.2. The highest BCUT2D eigenvalue weighted by atomic mass is 16.5. The summed E-state index contributed by atoms with van der Waals surface area (Å²) in [5.74, 6) is -0.511. The molecule has 0 spiro atoms. The van der Waals surface area contributed by atoms with Crippen LogP contribution in [0, 0.1) is 5.92 Å². The maximum Gasteiger partial charge on any atom is 0.243 e. The molecular weight excluding hydrogens is 436 g/mol. The Morgan fingerprint density at radius 1 is 1.21 bits per heavy atom. The van der Waals surface area contributed by atoms with E-state index in [2.05, 4.69) is 31.8 Å². The molecule has 1 aromatic rings. The minimum absolute atomic E-state index is 0.0614. The van der Waals surface area contributed by atoms with Crippen LogP contribution in [0.4, 0.5) is 0 Å². The SMILES string of the molecule is C[N+](C)(C)CCCCCCNC(=O)[C@@H]1C[C@@H]2C(=O)NCC(=O)N2[C@@H]1c1cccc(OCCO)c1. The monoisotopic (exact) mass is 475 g/mol. The van der Waals surface area contributed by atoms with Gasteiger partial charge < -0.3 is 29.9 Å². The summed E-state index contributed by atoms with van der Waals surface area (Å²) in [4.78, 5) is 40.1. The molecule has 9 heteroatoms. The number of rotatable bonds is 12. The van der Waals surface area contributed by atoms with Crippen molar-refractivity contribution in [3.05, 3.63) is 29.8 Å². The van der Waals surface area contributed by atoms with Gasteiger partial charge in [-0.05, 0) is 43.4 Å². The molecule has 188 valence electrons. The van der Waals surface area contributed by atoms with E-state index >= 15 is 0 Å². The summed E-state index contributed by atoms with van der Waals surface area (Å²) in [7, 11) is 6.56. The third-order valence-electron chi connectivity index (χ3n) is 6.45. The van der Waals surface area contributed by atoms with E-state index in [-0.39, 0.29) is 37.5 Å². The number of nitrogens with one attached hydrogen (secondary N) is 2. The van der Waals surface area contributed by atoms with Gasteiger partial charge in [-0.2, -0.15) is 0 Å². The number of aliphatic hydroxyl groups is 1. The number of nitrogens with zero attached hydrogens (tertiary/aromatic N) is 2. The molecular formula is C25H39N4O5+. The van der Waals surface area contributed by atoms with Crippen LogP contribution in [0.25, 0.3) is 0 Å². The van der Waals surface area contributed by atoms with Crippen molar-refractivity contribution in [1.82, 2.24) is 15.5 Å². The van der Waals surface area contributed by atoms with E-state index in [9.17, 15) is 14.4 Å². The van der Waals surface area contributed by atoms with Gasteiger partial charge in [0.25, 0.3) is 0 Å². The molecule has 0 aromatic heterocycles. The number of piperazine rings is 1. The molecule has 0 bridgehead atoms. The smallest absolute Gasteiger partial charge is 0.243 e. The maximum absolute atomic E-state index is 13.2. The Hall–Kier alpha value is -2.65. The Kier molecular flexibility index (Phi) is 8.90. The number of ether oxygens (including phenoxy) is 1. The number of aliphatic hydroxyl groups excluding tert-OH is 1. The minimum atomic E-state index is -0.653. The van der Waals surface area contributed by atoms with Crippen LogP contribution in [0.1, 0.15) is 43.7 Å². The van der Waals surface area contributed by atoms with Crippen LogP contribution in [-0.2, 0) is 14.4 Å². The minimum Gasteiger partial charge on any atom is -0.491 e. The predicted molar refractivity (Wildman–Crippen MR) is 128 cm³/mol. The van der Waals surface area contributed by atoms with Gasteiger partial charge in [0.15, 0.2) is 0 Å². The summed E-state index contributed by atoms with van der Waals surface area (Å²) in [6.07, 6.45) is 4.53. The van der Waals surface area contributed by atoms with Crippen molar-refractivity contribution >= 4 is 17.7 Å². The molecule has 2 aliphatic heterocycles. The van der Waals surface area contributed by atoms with E-state index in [0.29, 0.717) is 18.7 Å². The van der Waals surface area contributed by atoms with E-state index in [1.54, 1.807) is 23.1 Å². The molecule has 2 aliphatic rings. The van der Waals surface area contributed by atoms with Crippen LogP contribution in [0.5, 0.6) is 5.75 Å². The highest BCUT2D eigenvalue weighted by Crippen LogP contribution is 2.43. The lowest BCUT2D eigenvalue weighted by molar-refractivity contribution is -0.870. The molecule has 2 heterocycles. The average molecular weight is 476 g/mol. The fraction of sp³-hybridized carbons (Fsp3) is 0.640. The van der Waals surface area contributed by atoms with Gasteiger partial charge in [-0.25, -0.2) is 0 Å². The molecule has 2 fully saturated rings. The lowest BCUT2D eigenvalue weighted by atomic mass is 9.92. The van der Waals surface area contributed by atoms with E-state index < -0.39 is 18.0 Å². The molecule has 0 saturated carbocycles. The van der Waals surface area contributed by atoms with Gasteiger partial charge in [0.2, 0.25) is 17.7 Å². The molecule has 0 unspecified atom stereocenters. The largest absolute Gasteiger partial charge is 0.491 e. The molecule has 2 saturated heterocycles. The second-order valence-corrected chi connectivity index (χ2v) is 10.2. The zero-order chi connectivity index (χ0) is 24.7. The first kappa shape index (κ1) is 26.0. The Morgan fingerprint density at radius 3 is 2.71 bits per heavy atom. The fourth-order valence-electron chi connectivity index (χ4n) is 4.81.